The number of alkyl carbamates (subject to hydrolysis) is 1. The van der Waals surface area contributed by atoms with E-state index >= 15 is 0 Å². The molecule has 0 bridgehead atoms. The molecule has 0 unspecified atom stereocenters. The van der Waals surface area contributed by atoms with Crippen molar-refractivity contribution >= 4 is 12.1 Å². The van der Waals surface area contributed by atoms with Crippen molar-refractivity contribution in [3.63, 3.8) is 0 Å². The van der Waals surface area contributed by atoms with Gasteiger partial charge in [-0.3, -0.25) is 4.79 Å². The zero-order valence-corrected chi connectivity index (χ0v) is 11.7. The Bertz CT molecular complexity index is 272. The van der Waals surface area contributed by atoms with Crippen LogP contribution in [0.25, 0.3) is 0 Å². The number of ether oxygens (including phenoxy) is 3. The molecular weight excluding hydrogens is 238 g/mol. The summed E-state index contributed by atoms with van der Waals surface area (Å²) in [5, 5.41) is 2.55. The Kier molecular flexibility index (Phi) is 7.35. The molecule has 0 rings (SSSR count). The Balaban J connectivity index is 3.57. The van der Waals surface area contributed by atoms with Crippen LogP contribution in [0.15, 0.2) is 0 Å². The fraction of sp³-hybridized carbons (Fsp3) is 0.833. The molecule has 1 amide bonds. The summed E-state index contributed by atoms with van der Waals surface area (Å²) in [6.07, 6.45) is -0.480. The van der Waals surface area contributed by atoms with Crippen molar-refractivity contribution in [2.45, 2.75) is 33.3 Å². The number of rotatable bonds is 6. The summed E-state index contributed by atoms with van der Waals surface area (Å²) < 4.78 is 14.8. The summed E-state index contributed by atoms with van der Waals surface area (Å²) in [7, 11) is 1.34. The van der Waals surface area contributed by atoms with E-state index in [1.807, 2.05) is 0 Å². The van der Waals surface area contributed by atoms with Crippen LogP contribution in [0, 0.1) is 5.92 Å². The fourth-order valence-corrected chi connectivity index (χ4v) is 1.07. The second-order valence-electron chi connectivity index (χ2n) is 4.93. The van der Waals surface area contributed by atoms with Crippen molar-refractivity contribution < 1.29 is 23.8 Å². The van der Waals surface area contributed by atoms with Gasteiger partial charge in [0.15, 0.2) is 0 Å². The molecule has 0 radical (unpaired) electrons. The predicted octanol–water partition coefficient (Wildman–Crippen LogP) is 1.34. The van der Waals surface area contributed by atoms with Crippen LogP contribution in [0.5, 0.6) is 0 Å². The number of methoxy groups -OCH3 is 1. The van der Waals surface area contributed by atoms with Crippen molar-refractivity contribution in [1.82, 2.24) is 5.32 Å². The summed E-state index contributed by atoms with van der Waals surface area (Å²) in [5.41, 5.74) is -0.510. The summed E-state index contributed by atoms with van der Waals surface area (Å²) in [6.45, 7) is 8.02. The number of nitrogens with one attached hydrogen (secondary N) is 1. The van der Waals surface area contributed by atoms with Gasteiger partial charge in [-0.25, -0.2) is 4.79 Å². The van der Waals surface area contributed by atoms with Gasteiger partial charge in [-0.15, -0.1) is 0 Å². The van der Waals surface area contributed by atoms with Gasteiger partial charge in [0.2, 0.25) is 0 Å². The van der Waals surface area contributed by atoms with E-state index in [4.69, 9.17) is 9.47 Å². The largest absolute Gasteiger partial charge is 0.469 e. The number of hydrogen-bond acceptors (Lipinski definition) is 5. The van der Waals surface area contributed by atoms with E-state index in [1.54, 1.807) is 27.7 Å². The zero-order chi connectivity index (χ0) is 14.2. The molecule has 0 spiro atoms. The first-order valence-corrected chi connectivity index (χ1v) is 5.88. The summed E-state index contributed by atoms with van der Waals surface area (Å²) >= 11 is 0. The standard InChI is InChI=1S/C12H23NO5/c1-9(10(14)16-5)8-17-7-6-13-11(15)18-12(2,3)4/h9H,6-8H2,1-5H3,(H,13,15)/t9-/m0/s1. The Hall–Kier alpha value is -1.30. The number of carbonyl (C=O) groups excluding carboxylic acids is 2. The molecule has 1 atom stereocenters. The third-order valence-corrected chi connectivity index (χ3v) is 1.89. The van der Waals surface area contributed by atoms with Gasteiger partial charge in [0, 0.05) is 6.54 Å². The molecule has 106 valence electrons. The van der Waals surface area contributed by atoms with E-state index < -0.39 is 11.7 Å². The number of hydrogen-bond donors (Lipinski definition) is 1. The molecule has 0 saturated carbocycles. The first kappa shape index (κ1) is 16.7. The molecule has 6 heteroatoms. The smallest absolute Gasteiger partial charge is 0.407 e. The van der Waals surface area contributed by atoms with Gasteiger partial charge in [0.05, 0.1) is 26.2 Å². The van der Waals surface area contributed by atoms with Gasteiger partial charge in [-0.1, -0.05) is 0 Å². The predicted molar refractivity (Wildman–Crippen MR) is 66.2 cm³/mol. The first-order chi connectivity index (χ1) is 8.26. The highest BCUT2D eigenvalue weighted by atomic mass is 16.6. The van der Waals surface area contributed by atoms with E-state index in [9.17, 15) is 9.59 Å². The number of amides is 1. The normalized spacial score (nSPS) is 12.7. The molecule has 0 saturated heterocycles. The lowest BCUT2D eigenvalue weighted by molar-refractivity contribution is -0.146. The Morgan fingerprint density at radius 2 is 1.89 bits per heavy atom. The summed E-state index contributed by atoms with van der Waals surface area (Å²) in [4.78, 5) is 22.3. The van der Waals surface area contributed by atoms with Crippen LogP contribution in [0.3, 0.4) is 0 Å². The highest BCUT2D eigenvalue weighted by Crippen LogP contribution is 2.06. The maximum absolute atomic E-state index is 11.2. The molecule has 0 aliphatic rings. The summed E-state index contributed by atoms with van der Waals surface area (Å²) in [5.74, 6) is -0.619. The maximum atomic E-state index is 11.2. The molecule has 0 aromatic rings. The van der Waals surface area contributed by atoms with Crippen LogP contribution in [0.2, 0.25) is 0 Å². The Morgan fingerprint density at radius 3 is 2.39 bits per heavy atom. The molecule has 0 aliphatic carbocycles. The van der Waals surface area contributed by atoms with E-state index in [0.717, 1.165) is 0 Å². The minimum Gasteiger partial charge on any atom is -0.469 e. The van der Waals surface area contributed by atoms with Crippen LogP contribution in [-0.4, -0.2) is 44.5 Å². The lowest BCUT2D eigenvalue weighted by Crippen LogP contribution is -2.34. The lowest BCUT2D eigenvalue weighted by Gasteiger charge is -2.19. The molecule has 6 nitrogen and oxygen atoms in total. The van der Waals surface area contributed by atoms with Gasteiger partial charge in [-0.2, -0.15) is 0 Å². The van der Waals surface area contributed by atoms with Crippen LogP contribution >= 0.6 is 0 Å². The molecule has 0 aromatic carbocycles. The van der Waals surface area contributed by atoms with Crippen LogP contribution < -0.4 is 5.32 Å². The van der Waals surface area contributed by atoms with Crippen LogP contribution in [0.4, 0.5) is 4.79 Å². The van der Waals surface area contributed by atoms with Gasteiger partial charge in [0.1, 0.15) is 5.60 Å². The molecule has 0 fully saturated rings. The van der Waals surface area contributed by atoms with Gasteiger partial charge >= 0.3 is 12.1 Å². The average Bonchev–Trinajstić information content (AvgIpc) is 2.24. The third kappa shape index (κ3) is 8.81. The molecule has 0 aromatic heterocycles. The average molecular weight is 261 g/mol. The third-order valence-electron chi connectivity index (χ3n) is 1.89. The minimum absolute atomic E-state index is 0.267. The Labute approximate surface area is 108 Å². The SMILES string of the molecule is COC(=O)[C@@H](C)COCCNC(=O)OC(C)(C)C. The van der Waals surface area contributed by atoms with Crippen LogP contribution in [0.1, 0.15) is 27.7 Å². The van der Waals surface area contributed by atoms with Gasteiger partial charge in [-0.05, 0) is 27.7 Å². The highest BCUT2D eigenvalue weighted by molar-refractivity contribution is 5.71. The summed E-state index contributed by atoms with van der Waals surface area (Å²) in [6, 6.07) is 0. The number of carbonyl (C=O) groups is 2. The highest BCUT2D eigenvalue weighted by Gasteiger charge is 2.16. The zero-order valence-electron chi connectivity index (χ0n) is 11.7. The fourth-order valence-electron chi connectivity index (χ4n) is 1.07. The van der Waals surface area contributed by atoms with Crippen molar-refractivity contribution in [3.8, 4) is 0 Å². The second kappa shape index (κ2) is 7.92. The molecular formula is C12H23NO5. The van der Waals surface area contributed by atoms with Crippen molar-refractivity contribution in [1.29, 1.82) is 0 Å². The van der Waals surface area contributed by atoms with Gasteiger partial charge in [0.25, 0.3) is 0 Å². The van der Waals surface area contributed by atoms with Crippen molar-refractivity contribution in [3.05, 3.63) is 0 Å². The molecule has 1 N–H and O–H groups in total. The Morgan fingerprint density at radius 1 is 1.28 bits per heavy atom. The van der Waals surface area contributed by atoms with E-state index in [-0.39, 0.29) is 18.5 Å². The quantitative estimate of drug-likeness (QED) is 0.577. The topological polar surface area (TPSA) is 73.9 Å². The van der Waals surface area contributed by atoms with E-state index in [1.165, 1.54) is 7.11 Å². The second-order valence-corrected chi connectivity index (χ2v) is 4.93. The lowest BCUT2D eigenvalue weighted by atomic mass is 10.2. The first-order valence-electron chi connectivity index (χ1n) is 5.88. The molecule has 0 aliphatic heterocycles. The minimum atomic E-state index is -0.510. The van der Waals surface area contributed by atoms with Crippen molar-refractivity contribution in [2.75, 3.05) is 26.9 Å². The molecule has 0 heterocycles. The monoisotopic (exact) mass is 261 g/mol. The van der Waals surface area contributed by atoms with Crippen LogP contribution in [-0.2, 0) is 19.0 Å². The van der Waals surface area contributed by atoms with E-state index in [2.05, 4.69) is 10.1 Å². The van der Waals surface area contributed by atoms with E-state index in [0.29, 0.717) is 13.2 Å². The molecule has 18 heavy (non-hydrogen) atoms. The number of esters is 1. The van der Waals surface area contributed by atoms with Crippen molar-refractivity contribution in [2.24, 2.45) is 5.92 Å². The van der Waals surface area contributed by atoms with Gasteiger partial charge < -0.3 is 19.5 Å². The maximum Gasteiger partial charge on any atom is 0.407 e.